The first-order valence-corrected chi connectivity index (χ1v) is 5.66. The first kappa shape index (κ1) is 11.2. The zero-order valence-corrected chi connectivity index (χ0v) is 9.85. The van der Waals surface area contributed by atoms with Gasteiger partial charge in [-0.25, -0.2) is 0 Å². The third-order valence-electron chi connectivity index (χ3n) is 3.24. The van der Waals surface area contributed by atoms with Gasteiger partial charge in [0.15, 0.2) is 5.75 Å². The van der Waals surface area contributed by atoms with Crippen molar-refractivity contribution < 1.29 is 4.74 Å². The monoisotopic (exact) mass is 222 g/mol. The fourth-order valence-electron chi connectivity index (χ4n) is 2.21. The van der Waals surface area contributed by atoms with Gasteiger partial charge >= 0.3 is 0 Å². The van der Waals surface area contributed by atoms with E-state index < -0.39 is 0 Å². The molecule has 0 unspecified atom stereocenters. The summed E-state index contributed by atoms with van der Waals surface area (Å²) in [4.78, 5) is 14.3. The van der Waals surface area contributed by atoms with Crippen molar-refractivity contribution in [2.24, 2.45) is 0 Å². The fourth-order valence-corrected chi connectivity index (χ4v) is 2.21. The van der Waals surface area contributed by atoms with E-state index in [4.69, 9.17) is 4.74 Å². The zero-order valence-electron chi connectivity index (χ0n) is 9.85. The lowest BCUT2D eigenvalue weighted by atomic mass is 10.1. The highest BCUT2D eigenvalue weighted by Crippen LogP contribution is 2.20. The summed E-state index contributed by atoms with van der Waals surface area (Å²) in [5.74, 6) is 0.432. The summed E-state index contributed by atoms with van der Waals surface area (Å²) in [6.45, 7) is 2.10. The molecule has 0 spiro atoms. The van der Waals surface area contributed by atoms with Crippen LogP contribution in [0.15, 0.2) is 23.1 Å². The maximum Gasteiger partial charge on any atom is 0.293 e. The van der Waals surface area contributed by atoms with Gasteiger partial charge in [0.2, 0.25) is 0 Å². The maximum atomic E-state index is 12.0. The third-order valence-corrected chi connectivity index (χ3v) is 3.24. The number of hydrogen-bond acceptors (Lipinski definition) is 3. The second-order valence-corrected chi connectivity index (χ2v) is 4.32. The molecule has 1 fully saturated rings. The quantitative estimate of drug-likeness (QED) is 0.752. The predicted molar refractivity (Wildman–Crippen MR) is 63.0 cm³/mol. The Labute approximate surface area is 95.4 Å². The van der Waals surface area contributed by atoms with Gasteiger partial charge in [0.05, 0.1) is 7.11 Å². The van der Waals surface area contributed by atoms with Crippen LogP contribution in [-0.4, -0.2) is 36.7 Å². The Morgan fingerprint density at radius 1 is 1.38 bits per heavy atom. The Hall–Kier alpha value is -1.29. The van der Waals surface area contributed by atoms with E-state index in [0.29, 0.717) is 11.8 Å². The van der Waals surface area contributed by atoms with Gasteiger partial charge in [-0.05, 0) is 45.1 Å². The molecule has 1 saturated heterocycles. The van der Waals surface area contributed by atoms with Crippen LogP contribution in [0.4, 0.5) is 0 Å². The molecule has 88 valence electrons. The van der Waals surface area contributed by atoms with Crippen LogP contribution in [-0.2, 0) is 0 Å². The highest BCUT2D eigenvalue weighted by molar-refractivity contribution is 5.17. The van der Waals surface area contributed by atoms with E-state index in [2.05, 4.69) is 11.9 Å². The second kappa shape index (κ2) is 4.70. The largest absolute Gasteiger partial charge is 0.491 e. The summed E-state index contributed by atoms with van der Waals surface area (Å²) in [5.41, 5.74) is -0.0143. The molecule has 0 bridgehead atoms. The van der Waals surface area contributed by atoms with Crippen LogP contribution >= 0.6 is 0 Å². The molecule has 2 rings (SSSR count). The maximum absolute atomic E-state index is 12.0. The summed E-state index contributed by atoms with van der Waals surface area (Å²) in [5, 5.41) is 0. The SMILES string of the molecule is COc1cccn(C2CCN(C)CC2)c1=O. The van der Waals surface area contributed by atoms with Crippen LogP contribution in [0, 0.1) is 0 Å². The molecule has 2 heterocycles. The van der Waals surface area contributed by atoms with Crippen molar-refractivity contribution in [3.05, 3.63) is 28.7 Å². The first-order valence-electron chi connectivity index (χ1n) is 5.66. The Morgan fingerprint density at radius 2 is 2.06 bits per heavy atom. The molecule has 4 nitrogen and oxygen atoms in total. The van der Waals surface area contributed by atoms with Crippen molar-refractivity contribution in [2.45, 2.75) is 18.9 Å². The van der Waals surface area contributed by atoms with E-state index in [1.807, 2.05) is 16.8 Å². The van der Waals surface area contributed by atoms with Crippen LogP contribution in [0.5, 0.6) is 5.75 Å². The van der Waals surface area contributed by atoms with Gasteiger partial charge in [0.1, 0.15) is 0 Å². The number of likely N-dealkylation sites (tertiary alicyclic amines) is 1. The van der Waals surface area contributed by atoms with Crippen LogP contribution in [0.1, 0.15) is 18.9 Å². The Balaban J connectivity index is 2.24. The average molecular weight is 222 g/mol. The molecule has 0 saturated carbocycles. The summed E-state index contributed by atoms with van der Waals surface area (Å²) in [6.07, 6.45) is 3.92. The normalized spacial score (nSPS) is 18.6. The second-order valence-electron chi connectivity index (χ2n) is 4.32. The number of rotatable bonds is 2. The molecular weight excluding hydrogens is 204 g/mol. The summed E-state index contributed by atoms with van der Waals surface area (Å²) in [7, 11) is 3.65. The molecule has 4 heteroatoms. The van der Waals surface area contributed by atoms with E-state index in [-0.39, 0.29) is 5.56 Å². The van der Waals surface area contributed by atoms with E-state index in [1.165, 1.54) is 7.11 Å². The van der Waals surface area contributed by atoms with Gasteiger partial charge in [-0.1, -0.05) is 0 Å². The predicted octanol–water partition coefficient (Wildman–Crippen LogP) is 1.12. The minimum absolute atomic E-state index is 0.0143. The standard InChI is InChI=1S/C12H18N2O2/c1-13-8-5-10(6-9-13)14-7-3-4-11(16-2)12(14)15/h3-4,7,10H,5-6,8-9H2,1-2H3. The van der Waals surface area contributed by atoms with Crippen molar-refractivity contribution in [1.82, 2.24) is 9.47 Å². The van der Waals surface area contributed by atoms with E-state index in [9.17, 15) is 4.79 Å². The molecule has 0 aromatic carbocycles. The molecule has 16 heavy (non-hydrogen) atoms. The van der Waals surface area contributed by atoms with Gasteiger partial charge in [0, 0.05) is 12.2 Å². The molecular formula is C12H18N2O2. The van der Waals surface area contributed by atoms with Crippen LogP contribution in [0.2, 0.25) is 0 Å². The number of ether oxygens (including phenoxy) is 1. The van der Waals surface area contributed by atoms with Crippen LogP contribution in [0.3, 0.4) is 0 Å². The van der Waals surface area contributed by atoms with Gasteiger partial charge < -0.3 is 14.2 Å². The number of hydrogen-bond donors (Lipinski definition) is 0. The van der Waals surface area contributed by atoms with Crippen LogP contribution in [0.25, 0.3) is 0 Å². The zero-order chi connectivity index (χ0) is 11.5. The minimum Gasteiger partial charge on any atom is -0.491 e. The van der Waals surface area contributed by atoms with Crippen molar-refractivity contribution in [2.75, 3.05) is 27.2 Å². The lowest BCUT2D eigenvalue weighted by Crippen LogP contribution is -2.35. The van der Waals surface area contributed by atoms with Crippen molar-refractivity contribution >= 4 is 0 Å². The van der Waals surface area contributed by atoms with Crippen LogP contribution < -0.4 is 10.3 Å². The highest BCUT2D eigenvalue weighted by atomic mass is 16.5. The Morgan fingerprint density at radius 3 is 2.69 bits per heavy atom. The highest BCUT2D eigenvalue weighted by Gasteiger charge is 2.19. The van der Waals surface area contributed by atoms with Gasteiger partial charge in [0.25, 0.3) is 5.56 Å². The molecule has 1 aliphatic heterocycles. The van der Waals surface area contributed by atoms with Crippen molar-refractivity contribution in [3.63, 3.8) is 0 Å². The minimum atomic E-state index is -0.0143. The third kappa shape index (κ3) is 2.11. The summed E-state index contributed by atoms with van der Waals surface area (Å²) >= 11 is 0. The summed E-state index contributed by atoms with van der Waals surface area (Å²) < 4.78 is 6.87. The summed E-state index contributed by atoms with van der Waals surface area (Å²) in [6, 6.07) is 3.91. The number of aromatic nitrogens is 1. The Bertz CT molecular complexity index is 406. The lowest BCUT2D eigenvalue weighted by Gasteiger charge is -2.30. The van der Waals surface area contributed by atoms with Crippen molar-refractivity contribution in [3.8, 4) is 5.75 Å². The number of methoxy groups -OCH3 is 1. The topological polar surface area (TPSA) is 34.5 Å². The molecule has 0 radical (unpaired) electrons. The molecule has 0 amide bonds. The molecule has 0 N–H and O–H groups in total. The fraction of sp³-hybridized carbons (Fsp3) is 0.583. The average Bonchev–Trinajstić information content (AvgIpc) is 2.31. The molecule has 1 aromatic heterocycles. The number of piperidine rings is 1. The van der Waals surface area contributed by atoms with E-state index in [1.54, 1.807) is 6.07 Å². The van der Waals surface area contributed by atoms with E-state index in [0.717, 1.165) is 25.9 Å². The van der Waals surface area contributed by atoms with Crippen molar-refractivity contribution in [1.29, 1.82) is 0 Å². The molecule has 0 atom stereocenters. The lowest BCUT2D eigenvalue weighted by molar-refractivity contribution is 0.217. The van der Waals surface area contributed by atoms with E-state index >= 15 is 0 Å². The smallest absolute Gasteiger partial charge is 0.293 e. The molecule has 0 aliphatic carbocycles. The number of nitrogens with zero attached hydrogens (tertiary/aromatic N) is 2. The first-order chi connectivity index (χ1) is 7.72. The van der Waals surface area contributed by atoms with Gasteiger partial charge in [-0.3, -0.25) is 4.79 Å². The Kier molecular flexibility index (Phi) is 3.29. The molecule has 1 aliphatic rings. The van der Waals surface area contributed by atoms with Gasteiger partial charge in [-0.2, -0.15) is 0 Å². The van der Waals surface area contributed by atoms with Gasteiger partial charge in [-0.15, -0.1) is 0 Å². The molecule has 1 aromatic rings. The number of pyridine rings is 1.